The normalized spacial score (nSPS) is 13.6. The Kier molecular flexibility index (Phi) is 42.0. The Hall–Kier alpha value is -1.22. The maximum Gasteiger partial charge on any atom is 0.325 e. The van der Waals surface area contributed by atoms with Gasteiger partial charge in [0.05, 0.1) is 0 Å². The molecule has 0 N–H and O–H groups in total. The van der Waals surface area contributed by atoms with E-state index in [2.05, 4.69) is 37.5 Å². The molecule has 8 nitrogen and oxygen atoms in total. The zero-order valence-corrected chi connectivity index (χ0v) is 40.9. The van der Waals surface area contributed by atoms with Gasteiger partial charge in [0.2, 0.25) is 0 Å². The van der Waals surface area contributed by atoms with Crippen LogP contribution in [0.2, 0.25) is 0 Å². The van der Waals surface area contributed by atoms with Crippen molar-refractivity contribution in [2.75, 3.05) is 65.4 Å². The second-order valence-corrected chi connectivity index (χ2v) is 18.6. The van der Waals surface area contributed by atoms with Gasteiger partial charge in [-0.05, 0) is 110 Å². The van der Waals surface area contributed by atoms with Gasteiger partial charge >= 0.3 is 11.9 Å². The highest BCUT2D eigenvalue weighted by Gasteiger charge is 2.14. The number of hydroxylamine groups is 4. The van der Waals surface area contributed by atoms with Crippen LogP contribution < -0.4 is 0 Å². The van der Waals surface area contributed by atoms with Crippen LogP contribution in [0, 0.1) is 0 Å². The van der Waals surface area contributed by atoms with Crippen LogP contribution in [0.4, 0.5) is 0 Å². The molecule has 0 unspecified atom stereocenters. The molecule has 0 atom stereocenters. The lowest BCUT2D eigenvalue weighted by molar-refractivity contribution is -0.192. The zero-order chi connectivity index (χ0) is 43.4. The summed E-state index contributed by atoms with van der Waals surface area (Å²) in [5, 5.41) is 3.93. The summed E-state index contributed by atoms with van der Waals surface area (Å²) in [4.78, 5) is 42.4. The number of unbranched alkanes of at least 4 members (excludes halogenated alkanes) is 24. The lowest BCUT2D eigenvalue weighted by Crippen LogP contribution is -2.34. The first-order valence-corrected chi connectivity index (χ1v) is 26.9. The van der Waals surface area contributed by atoms with Crippen LogP contribution in [0.5, 0.6) is 0 Å². The minimum atomic E-state index is -0.0289. The summed E-state index contributed by atoms with van der Waals surface area (Å²) in [6, 6.07) is 0. The molecule has 1 aliphatic rings. The maximum absolute atomic E-state index is 12.6. The van der Waals surface area contributed by atoms with Crippen molar-refractivity contribution in [3.8, 4) is 0 Å². The van der Waals surface area contributed by atoms with Gasteiger partial charge in [-0.3, -0.25) is 9.59 Å². The SMILES string of the molecule is CCCCCCN(CCCCCC)OC(=O)CCCCCCCCCN(CCCCCCCCCC(=O)ON(CCCCCC)CCCCCC)CCCN1CCCCC1. The number of carbonyl (C=O) groups is 2. The van der Waals surface area contributed by atoms with Gasteiger partial charge in [-0.1, -0.05) is 175 Å². The lowest BCUT2D eigenvalue weighted by Gasteiger charge is -2.28. The molecule has 0 aromatic heterocycles. The van der Waals surface area contributed by atoms with E-state index in [1.54, 1.807) is 0 Å². The van der Waals surface area contributed by atoms with E-state index < -0.39 is 0 Å². The summed E-state index contributed by atoms with van der Waals surface area (Å²) in [5.41, 5.74) is 0. The average molecular weight is 849 g/mol. The number of hydrogen-bond donors (Lipinski definition) is 0. The molecule has 1 heterocycles. The van der Waals surface area contributed by atoms with Crippen molar-refractivity contribution in [1.29, 1.82) is 0 Å². The number of piperidine rings is 1. The molecule has 1 rings (SSSR count). The number of rotatable bonds is 46. The van der Waals surface area contributed by atoms with Gasteiger partial charge in [-0.15, -0.1) is 10.1 Å². The monoisotopic (exact) mass is 849 g/mol. The van der Waals surface area contributed by atoms with E-state index in [1.807, 2.05) is 10.1 Å². The first-order valence-electron chi connectivity index (χ1n) is 26.9. The molecule has 60 heavy (non-hydrogen) atoms. The van der Waals surface area contributed by atoms with E-state index in [1.165, 1.54) is 206 Å². The molecule has 356 valence electrons. The number of carbonyl (C=O) groups excluding carboxylic acids is 2. The van der Waals surface area contributed by atoms with Gasteiger partial charge in [-0.25, -0.2) is 0 Å². The van der Waals surface area contributed by atoms with Crippen LogP contribution in [0.3, 0.4) is 0 Å². The predicted octanol–water partition coefficient (Wildman–Crippen LogP) is 14.2. The quantitative estimate of drug-likeness (QED) is 0.0443. The van der Waals surface area contributed by atoms with E-state index in [0.717, 1.165) is 77.5 Å². The summed E-state index contributed by atoms with van der Waals surface area (Å²) in [6.45, 7) is 20.1. The predicted molar refractivity (Wildman–Crippen MR) is 257 cm³/mol. The largest absolute Gasteiger partial charge is 0.368 e. The molecule has 0 bridgehead atoms. The van der Waals surface area contributed by atoms with Gasteiger partial charge in [0, 0.05) is 39.0 Å². The van der Waals surface area contributed by atoms with E-state index >= 15 is 0 Å². The van der Waals surface area contributed by atoms with Gasteiger partial charge in [0.25, 0.3) is 0 Å². The van der Waals surface area contributed by atoms with Crippen molar-refractivity contribution in [2.24, 2.45) is 0 Å². The Morgan fingerprint density at radius 3 is 1.03 bits per heavy atom. The standard InChI is InChI=1S/C52H104N4O4/c1-5-9-13-34-47-55(48-35-14-10-6-2)59-51(57)39-28-23-19-17-21-25-30-41-53(45-38-46-54-43-32-27-33-44-54)42-31-26-22-18-20-24-29-40-52(58)60-56(49-36-15-11-7-3)50-37-16-12-8-4/h5-50H2,1-4H3. The number of hydrogen-bond acceptors (Lipinski definition) is 8. The zero-order valence-electron chi connectivity index (χ0n) is 40.9. The molecule has 0 aromatic carbocycles. The summed E-state index contributed by atoms with van der Waals surface area (Å²) < 4.78 is 0. The Balaban J connectivity index is 2.25. The lowest BCUT2D eigenvalue weighted by atomic mass is 10.1. The third-order valence-electron chi connectivity index (χ3n) is 12.6. The van der Waals surface area contributed by atoms with Crippen LogP contribution in [0.25, 0.3) is 0 Å². The molecule has 0 radical (unpaired) electrons. The molecule has 8 heteroatoms. The van der Waals surface area contributed by atoms with E-state index in [0.29, 0.717) is 12.8 Å². The third-order valence-corrected chi connectivity index (χ3v) is 12.6. The highest BCUT2D eigenvalue weighted by Crippen LogP contribution is 2.15. The molecular weight excluding hydrogens is 745 g/mol. The van der Waals surface area contributed by atoms with Crippen molar-refractivity contribution in [1.82, 2.24) is 19.9 Å². The molecule has 1 aliphatic heterocycles. The topological polar surface area (TPSA) is 65.6 Å². The van der Waals surface area contributed by atoms with Crippen LogP contribution in [-0.4, -0.2) is 97.3 Å². The van der Waals surface area contributed by atoms with Crippen molar-refractivity contribution < 1.29 is 19.3 Å². The van der Waals surface area contributed by atoms with Crippen LogP contribution >= 0.6 is 0 Å². The summed E-state index contributed by atoms with van der Waals surface area (Å²) >= 11 is 0. The molecule has 0 aliphatic carbocycles. The summed E-state index contributed by atoms with van der Waals surface area (Å²) in [6.07, 6.45) is 43.0. The van der Waals surface area contributed by atoms with E-state index in [9.17, 15) is 9.59 Å². The van der Waals surface area contributed by atoms with Gasteiger partial charge in [0.1, 0.15) is 0 Å². The van der Waals surface area contributed by atoms with Crippen molar-refractivity contribution in [3.63, 3.8) is 0 Å². The second kappa shape index (κ2) is 44.4. The van der Waals surface area contributed by atoms with E-state index in [4.69, 9.17) is 9.68 Å². The van der Waals surface area contributed by atoms with Crippen molar-refractivity contribution in [2.45, 2.75) is 259 Å². The summed E-state index contributed by atoms with van der Waals surface area (Å²) in [5.74, 6) is -0.0577. The molecule has 0 spiro atoms. The Labute approximate surface area is 374 Å². The van der Waals surface area contributed by atoms with Gasteiger partial charge in [0.15, 0.2) is 0 Å². The van der Waals surface area contributed by atoms with Crippen LogP contribution in [0.1, 0.15) is 259 Å². The van der Waals surface area contributed by atoms with Crippen LogP contribution in [-0.2, 0) is 19.3 Å². The number of likely N-dealkylation sites (tertiary alicyclic amines) is 1. The molecule has 0 aromatic rings. The smallest absolute Gasteiger partial charge is 0.325 e. The summed E-state index contributed by atoms with van der Waals surface area (Å²) in [7, 11) is 0. The van der Waals surface area contributed by atoms with Crippen molar-refractivity contribution >= 4 is 11.9 Å². The highest BCUT2D eigenvalue weighted by molar-refractivity contribution is 5.69. The minimum absolute atomic E-state index is 0.0289. The molecule has 1 fully saturated rings. The van der Waals surface area contributed by atoms with Crippen molar-refractivity contribution in [3.05, 3.63) is 0 Å². The second-order valence-electron chi connectivity index (χ2n) is 18.6. The fraction of sp³-hybridized carbons (Fsp3) is 0.962. The fourth-order valence-electron chi connectivity index (χ4n) is 8.66. The minimum Gasteiger partial charge on any atom is -0.368 e. The molecule has 1 saturated heterocycles. The maximum atomic E-state index is 12.6. The van der Waals surface area contributed by atoms with Gasteiger partial charge < -0.3 is 19.5 Å². The van der Waals surface area contributed by atoms with E-state index in [-0.39, 0.29) is 11.9 Å². The molecular formula is C52H104N4O4. The van der Waals surface area contributed by atoms with Crippen LogP contribution in [0.15, 0.2) is 0 Å². The average Bonchev–Trinajstić information content (AvgIpc) is 3.25. The third kappa shape index (κ3) is 37.3. The molecule has 0 saturated carbocycles. The Morgan fingerprint density at radius 2 is 0.667 bits per heavy atom. The Morgan fingerprint density at radius 1 is 0.367 bits per heavy atom. The fourth-order valence-corrected chi connectivity index (χ4v) is 8.66. The highest BCUT2D eigenvalue weighted by atomic mass is 16.7. The Bertz CT molecular complexity index is 832. The van der Waals surface area contributed by atoms with Gasteiger partial charge in [-0.2, -0.15) is 0 Å². The number of nitrogens with zero attached hydrogens (tertiary/aromatic N) is 4. The first-order chi connectivity index (χ1) is 29.5. The first kappa shape index (κ1) is 56.8. The molecule has 0 amide bonds.